The number of hydrogen-bond acceptors (Lipinski definition) is 2. The van der Waals surface area contributed by atoms with Gasteiger partial charge in [0.2, 0.25) is 0 Å². The van der Waals surface area contributed by atoms with E-state index in [9.17, 15) is 0 Å². The molecule has 0 amide bonds. The molecule has 0 aromatic heterocycles. The highest BCUT2D eigenvalue weighted by Crippen LogP contribution is 2.41. The first-order valence-corrected chi connectivity index (χ1v) is 8.42. The van der Waals surface area contributed by atoms with Crippen LogP contribution in [0.25, 0.3) is 0 Å². The van der Waals surface area contributed by atoms with Crippen molar-refractivity contribution in [2.75, 3.05) is 13.2 Å². The fraction of sp³-hybridized carbons (Fsp3) is 1.00. The van der Waals surface area contributed by atoms with Crippen molar-refractivity contribution < 1.29 is 4.74 Å². The normalized spacial score (nSPS) is 41.4. The van der Waals surface area contributed by atoms with Gasteiger partial charge >= 0.3 is 0 Å². The highest BCUT2D eigenvalue weighted by Gasteiger charge is 2.43. The summed E-state index contributed by atoms with van der Waals surface area (Å²) >= 11 is 0. The van der Waals surface area contributed by atoms with Crippen molar-refractivity contribution in [2.24, 2.45) is 17.8 Å². The minimum absolute atomic E-state index is 0.0800. The number of nitrogens with one attached hydrogen (secondary N) is 1. The monoisotopic (exact) mass is 267 g/mol. The van der Waals surface area contributed by atoms with Gasteiger partial charge in [0.05, 0.1) is 5.60 Å². The summed E-state index contributed by atoms with van der Waals surface area (Å²) in [4.78, 5) is 0. The van der Waals surface area contributed by atoms with Gasteiger partial charge in [-0.05, 0) is 69.7 Å². The molecule has 2 fully saturated rings. The molecule has 2 rings (SSSR count). The lowest BCUT2D eigenvalue weighted by Gasteiger charge is -2.44. The van der Waals surface area contributed by atoms with E-state index in [0.717, 1.165) is 30.9 Å². The van der Waals surface area contributed by atoms with Crippen molar-refractivity contribution in [3.8, 4) is 0 Å². The third-order valence-corrected chi connectivity index (χ3v) is 5.21. The molecule has 2 nitrogen and oxygen atoms in total. The zero-order valence-electron chi connectivity index (χ0n) is 13.4. The van der Waals surface area contributed by atoms with Gasteiger partial charge < -0.3 is 10.1 Å². The maximum absolute atomic E-state index is 6.16. The summed E-state index contributed by atoms with van der Waals surface area (Å²) in [6.45, 7) is 11.5. The van der Waals surface area contributed by atoms with E-state index < -0.39 is 0 Å². The number of ether oxygens (including phenoxy) is 1. The first-order valence-electron chi connectivity index (χ1n) is 8.42. The standard InChI is InChI=1S/C17H33NO/c1-5-8-18-16(17(4)7-6-9-19-17)15-11-13(2)10-14(3)12-15/h13-16,18H,5-12H2,1-4H3. The largest absolute Gasteiger partial charge is 0.374 e. The van der Waals surface area contributed by atoms with E-state index >= 15 is 0 Å². The fourth-order valence-electron chi connectivity index (χ4n) is 4.51. The Morgan fingerprint density at radius 2 is 1.89 bits per heavy atom. The number of rotatable bonds is 5. The molecule has 4 unspecified atom stereocenters. The van der Waals surface area contributed by atoms with Crippen molar-refractivity contribution in [3.05, 3.63) is 0 Å². The molecule has 1 aliphatic heterocycles. The summed E-state index contributed by atoms with van der Waals surface area (Å²) in [5, 5.41) is 3.84. The van der Waals surface area contributed by atoms with Crippen LogP contribution in [0.4, 0.5) is 0 Å². The molecule has 2 aliphatic rings. The van der Waals surface area contributed by atoms with E-state index in [-0.39, 0.29) is 5.60 Å². The molecule has 0 aromatic rings. The third kappa shape index (κ3) is 3.72. The van der Waals surface area contributed by atoms with E-state index in [0.29, 0.717) is 6.04 Å². The fourth-order valence-corrected chi connectivity index (χ4v) is 4.51. The summed E-state index contributed by atoms with van der Waals surface area (Å²) in [6.07, 6.45) is 7.85. The summed E-state index contributed by atoms with van der Waals surface area (Å²) in [6, 6.07) is 0.556. The van der Waals surface area contributed by atoms with Crippen LogP contribution in [0.5, 0.6) is 0 Å². The summed E-state index contributed by atoms with van der Waals surface area (Å²) in [5.41, 5.74) is 0.0800. The van der Waals surface area contributed by atoms with Crippen LogP contribution in [0.1, 0.15) is 66.2 Å². The van der Waals surface area contributed by atoms with Gasteiger partial charge in [0, 0.05) is 12.6 Å². The lowest BCUT2D eigenvalue weighted by atomic mass is 9.70. The van der Waals surface area contributed by atoms with Crippen molar-refractivity contribution in [1.29, 1.82) is 0 Å². The van der Waals surface area contributed by atoms with E-state index in [1.165, 1.54) is 38.5 Å². The minimum atomic E-state index is 0.0800. The molecule has 1 heterocycles. The topological polar surface area (TPSA) is 21.3 Å². The Balaban J connectivity index is 2.07. The predicted octanol–water partition coefficient (Wildman–Crippen LogP) is 4.00. The Kier molecular flexibility index (Phi) is 5.30. The predicted molar refractivity (Wildman–Crippen MR) is 81.3 cm³/mol. The molecular weight excluding hydrogens is 234 g/mol. The summed E-state index contributed by atoms with van der Waals surface area (Å²) in [5.74, 6) is 2.56. The molecule has 0 aromatic carbocycles. The van der Waals surface area contributed by atoms with Crippen LogP contribution in [0.2, 0.25) is 0 Å². The Morgan fingerprint density at radius 3 is 2.42 bits per heavy atom. The molecule has 4 atom stereocenters. The van der Waals surface area contributed by atoms with Crippen LogP contribution in [0.15, 0.2) is 0 Å². The van der Waals surface area contributed by atoms with Crippen LogP contribution >= 0.6 is 0 Å². The van der Waals surface area contributed by atoms with E-state index in [1.807, 2.05) is 0 Å². The maximum Gasteiger partial charge on any atom is 0.0810 e. The van der Waals surface area contributed by atoms with Gasteiger partial charge in [0.15, 0.2) is 0 Å². The maximum atomic E-state index is 6.16. The van der Waals surface area contributed by atoms with Crippen LogP contribution < -0.4 is 5.32 Å². The molecule has 0 radical (unpaired) electrons. The van der Waals surface area contributed by atoms with Crippen LogP contribution in [0, 0.1) is 17.8 Å². The van der Waals surface area contributed by atoms with Gasteiger partial charge in [-0.3, -0.25) is 0 Å². The molecule has 1 aliphatic carbocycles. The third-order valence-electron chi connectivity index (χ3n) is 5.21. The van der Waals surface area contributed by atoms with Crippen molar-refractivity contribution >= 4 is 0 Å². The van der Waals surface area contributed by atoms with Gasteiger partial charge in [0.25, 0.3) is 0 Å². The zero-order valence-corrected chi connectivity index (χ0v) is 13.4. The Hall–Kier alpha value is -0.0800. The molecule has 0 bridgehead atoms. The van der Waals surface area contributed by atoms with Crippen LogP contribution in [0.3, 0.4) is 0 Å². The van der Waals surface area contributed by atoms with Crippen LogP contribution in [-0.2, 0) is 4.74 Å². The molecular formula is C17H33NO. The molecule has 112 valence electrons. The van der Waals surface area contributed by atoms with Gasteiger partial charge in [0.1, 0.15) is 0 Å². The van der Waals surface area contributed by atoms with Crippen molar-refractivity contribution in [2.45, 2.75) is 77.9 Å². The quantitative estimate of drug-likeness (QED) is 0.813. The SMILES string of the molecule is CCCNC(C1CC(C)CC(C)C1)C1(C)CCCO1. The molecule has 19 heavy (non-hydrogen) atoms. The second kappa shape index (κ2) is 6.58. The Morgan fingerprint density at radius 1 is 1.21 bits per heavy atom. The van der Waals surface area contributed by atoms with Crippen LogP contribution in [-0.4, -0.2) is 24.8 Å². The van der Waals surface area contributed by atoms with E-state index in [2.05, 4.69) is 33.0 Å². The first kappa shape index (κ1) is 15.3. The Bertz CT molecular complexity index is 262. The summed E-state index contributed by atoms with van der Waals surface area (Å²) in [7, 11) is 0. The van der Waals surface area contributed by atoms with Crippen molar-refractivity contribution in [3.63, 3.8) is 0 Å². The molecule has 1 saturated heterocycles. The minimum Gasteiger partial charge on any atom is -0.374 e. The highest BCUT2D eigenvalue weighted by atomic mass is 16.5. The van der Waals surface area contributed by atoms with Gasteiger partial charge in [-0.25, -0.2) is 0 Å². The van der Waals surface area contributed by atoms with Crippen molar-refractivity contribution in [1.82, 2.24) is 5.32 Å². The van der Waals surface area contributed by atoms with E-state index in [4.69, 9.17) is 4.74 Å². The molecule has 1 saturated carbocycles. The average Bonchev–Trinajstić information content (AvgIpc) is 2.76. The van der Waals surface area contributed by atoms with Gasteiger partial charge in [-0.1, -0.05) is 20.8 Å². The first-order chi connectivity index (χ1) is 9.05. The summed E-state index contributed by atoms with van der Waals surface area (Å²) < 4.78 is 6.16. The smallest absolute Gasteiger partial charge is 0.0810 e. The van der Waals surface area contributed by atoms with E-state index in [1.54, 1.807) is 0 Å². The lowest BCUT2D eigenvalue weighted by Crippen LogP contribution is -2.54. The molecule has 2 heteroatoms. The second-order valence-corrected chi connectivity index (χ2v) is 7.37. The highest BCUT2D eigenvalue weighted by molar-refractivity contribution is 4.98. The molecule has 0 spiro atoms. The lowest BCUT2D eigenvalue weighted by molar-refractivity contribution is -0.0398. The Labute approximate surface area is 119 Å². The zero-order chi connectivity index (χ0) is 13.9. The molecule has 1 N–H and O–H groups in total. The second-order valence-electron chi connectivity index (χ2n) is 7.37. The van der Waals surface area contributed by atoms with Gasteiger partial charge in [-0.15, -0.1) is 0 Å². The van der Waals surface area contributed by atoms with Gasteiger partial charge in [-0.2, -0.15) is 0 Å². The number of hydrogen-bond donors (Lipinski definition) is 1. The average molecular weight is 267 g/mol.